The highest BCUT2D eigenvalue weighted by molar-refractivity contribution is 5.91. The van der Waals surface area contributed by atoms with Crippen molar-refractivity contribution in [3.63, 3.8) is 0 Å². The highest BCUT2D eigenvalue weighted by Crippen LogP contribution is 2.23. The molecular formula is C20H35Cl2N3O2. The number of carbonyl (C=O) groups is 1. The Hall–Kier alpha value is -1.01. The molecule has 156 valence electrons. The number of carbonyl (C=O) groups excluding carboxylic acids is 1. The van der Waals surface area contributed by atoms with E-state index >= 15 is 0 Å². The normalized spacial score (nSPS) is 17.4. The van der Waals surface area contributed by atoms with E-state index in [1.165, 1.54) is 12.8 Å². The zero-order valence-electron chi connectivity index (χ0n) is 16.7. The molecule has 2 atom stereocenters. The fraction of sp³-hybridized carbons (Fsp3) is 0.650. The Balaban J connectivity index is 0.00000338. The molecule has 1 aliphatic heterocycles. The number of ether oxygens (including phenoxy) is 1. The van der Waals surface area contributed by atoms with Gasteiger partial charge in [-0.25, -0.2) is 0 Å². The van der Waals surface area contributed by atoms with Gasteiger partial charge in [0, 0.05) is 24.7 Å². The van der Waals surface area contributed by atoms with Gasteiger partial charge in [0.2, 0.25) is 5.91 Å². The van der Waals surface area contributed by atoms with Gasteiger partial charge in [0.05, 0.1) is 6.61 Å². The minimum Gasteiger partial charge on any atom is -0.493 e. The minimum absolute atomic E-state index is 0. The van der Waals surface area contributed by atoms with Gasteiger partial charge in [-0.05, 0) is 70.4 Å². The van der Waals surface area contributed by atoms with Crippen LogP contribution < -0.4 is 15.4 Å². The Morgan fingerprint density at radius 2 is 2.15 bits per heavy atom. The second kappa shape index (κ2) is 14.1. The maximum atomic E-state index is 12.3. The Bertz CT molecular complexity index is 538. The molecule has 0 radical (unpaired) electrons. The Morgan fingerprint density at radius 3 is 2.81 bits per heavy atom. The summed E-state index contributed by atoms with van der Waals surface area (Å²) in [6.07, 6.45) is 3.98. The van der Waals surface area contributed by atoms with Crippen LogP contribution in [0, 0.1) is 11.8 Å². The molecule has 7 heteroatoms. The third kappa shape index (κ3) is 10.2. The molecule has 1 amide bonds. The number of nitrogens with zero attached hydrogens (tertiary/aromatic N) is 1. The van der Waals surface area contributed by atoms with Crippen LogP contribution >= 0.6 is 24.8 Å². The maximum Gasteiger partial charge on any atom is 0.224 e. The molecule has 0 saturated carbocycles. The lowest BCUT2D eigenvalue weighted by molar-refractivity contribution is -0.117. The number of hydrogen-bond donors (Lipinski definition) is 2. The topological polar surface area (TPSA) is 53.6 Å². The van der Waals surface area contributed by atoms with E-state index in [9.17, 15) is 4.79 Å². The molecule has 0 aromatic heterocycles. The monoisotopic (exact) mass is 419 g/mol. The maximum absolute atomic E-state index is 12.3. The number of amides is 1. The quantitative estimate of drug-likeness (QED) is 0.597. The Labute approximate surface area is 176 Å². The molecule has 1 aromatic carbocycles. The van der Waals surface area contributed by atoms with E-state index in [0.29, 0.717) is 24.9 Å². The van der Waals surface area contributed by atoms with Crippen LogP contribution in [0.5, 0.6) is 5.75 Å². The van der Waals surface area contributed by atoms with E-state index in [0.717, 1.165) is 37.5 Å². The number of hydrogen-bond acceptors (Lipinski definition) is 4. The second-order valence-corrected chi connectivity index (χ2v) is 7.37. The van der Waals surface area contributed by atoms with Crippen LogP contribution in [0.3, 0.4) is 0 Å². The first kappa shape index (κ1) is 26.0. The zero-order chi connectivity index (χ0) is 18.1. The van der Waals surface area contributed by atoms with Crippen molar-refractivity contribution < 1.29 is 9.53 Å². The molecule has 1 fully saturated rings. The largest absolute Gasteiger partial charge is 0.493 e. The lowest BCUT2D eigenvalue weighted by atomic mass is 9.85. The number of rotatable bonds is 9. The Morgan fingerprint density at radius 1 is 1.37 bits per heavy atom. The molecule has 2 unspecified atom stereocenters. The number of piperidine rings is 1. The predicted octanol–water partition coefficient (Wildman–Crippen LogP) is 3.83. The van der Waals surface area contributed by atoms with Crippen molar-refractivity contribution in [1.82, 2.24) is 10.2 Å². The van der Waals surface area contributed by atoms with Crippen LogP contribution in [0.15, 0.2) is 24.3 Å². The standard InChI is InChI=1S/C20H33N3O2.2ClH/c1-16(17-7-5-10-21-15-17)13-20(24)22-18-8-4-9-19(14-18)25-12-6-11-23(2)3;;/h4,8-9,14,16-17,21H,5-7,10-13,15H2,1-3H3,(H,22,24);2*1H. The first-order valence-electron chi connectivity index (χ1n) is 9.43. The highest BCUT2D eigenvalue weighted by Gasteiger charge is 2.22. The van der Waals surface area contributed by atoms with Crippen molar-refractivity contribution in [1.29, 1.82) is 0 Å². The van der Waals surface area contributed by atoms with Gasteiger partial charge in [-0.1, -0.05) is 13.0 Å². The number of halogens is 2. The molecule has 5 nitrogen and oxygen atoms in total. The van der Waals surface area contributed by atoms with Gasteiger partial charge in [-0.3, -0.25) is 4.79 Å². The van der Waals surface area contributed by atoms with Crippen LogP contribution in [-0.2, 0) is 4.79 Å². The second-order valence-electron chi connectivity index (χ2n) is 7.37. The van der Waals surface area contributed by atoms with E-state index < -0.39 is 0 Å². The number of anilines is 1. The fourth-order valence-corrected chi connectivity index (χ4v) is 3.27. The number of benzene rings is 1. The summed E-state index contributed by atoms with van der Waals surface area (Å²) < 4.78 is 5.77. The van der Waals surface area contributed by atoms with Crippen molar-refractivity contribution in [3.8, 4) is 5.75 Å². The summed E-state index contributed by atoms with van der Waals surface area (Å²) in [5, 5.41) is 6.44. The lowest BCUT2D eigenvalue weighted by Crippen LogP contribution is -2.34. The van der Waals surface area contributed by atoms with Crippen molar-refractivity contribution in [3.05, 3.63) is 24.3 Å². The average Bonchev–Trinajstić information content (AvgIpc) is 2.59. The summed E-state index contributed by atoms with van der Waals surface area (Å²) in [6.45, 7) is 6.01. The van der Waals surface area contributed by atoms with Crippen LogP contribution in [0.25, 0.3) is 0 Å². The molecular weight excluding hydrogens is 385 g/mol. The van der Waals surface area contributed by atoms with Crippen molar-refractivity contribution in [2.24, 2.45) is 11.8 Å². The third-order valence-corrected chi connectivity index (χ3v) is 4.78. The van der Waals surface area contributed by atoms with Gasteiger partial charge in [0.1, 0.15) is 5.75 Å². The molecule has 1 heterocycles. The average molecular weight is 420 g/mol. The van der Waals surface area contributed by atoms with Crippen LogP contribution in [0.2, 0.25) is 0 Å². The van der Waals surface area contributed by atoms with E-state index in [-0.39, 0.29) is 30.7 Å². The van der Waals surface area contributed by atoms with Crippen LogP contribution in [-0.4, -0.2) is 51.1 Å². The van der Waals surface area contributed by atoms with Crippen molar-refractivity contribution in [2.45, 2.75) is 32.6 Å². The van der Waals surface area contributed by atoms with E-state index in [1.54, 1.807) is 0 Å². The first-order valence-corrected chi connectivity index (χ1v) is 9.43. The molecule has 0 aliphatic carbocycles. The summed E-state index contributed by atoms with van der Waals surface area (Å²) in [7, 11) is 4.11. The molecule has 2 rings (SSSR count). The summed E-state index contributed by atoms with van der Waals surface area (Å²) in [5.41, 5.74) is 0.809. The molecule has 1 aromatic rings. The molecule has 2 N–H and O–H groups in total. The van der Waals surface area contributed by atoms with E-state index in [2.05, 4.69) is 36.6 Å². The van der Waals surface area contributed by atoms with Crippen molar-refractivity contribution >= 4 is 36.4 Å². The van der Waals surface area contributed by atoms with E-state index in [4.69, 9.17) is 4.74 Å². The summed E-state index contributed by atoms with van der Waals surface area (Å²) >= 11 is 0. The molecule has 1 aliphatic rings. The van der Waals surface area contributed by atoms with Gasteiger partial charge in [-0.15, -0.1) is 24.8 Å². The smallest absolute Gasteiger partial charge is 0.224 e. The predicted molar refractivity (Wildman–Crippen MR) is 118 cm³/mol. The number of nitrogens with one attached hydrogen (secondary N) is 2. The van der Waals surface area contributed by atoms with Gasteiger partial charge in [0.15, 0.2) is 0 Å². The first-order chi connectivity index (χ1) is 12.0. The van der Waals surface area contributed by atoms with Gasteiger partial charge >= 0.3 is 0 Å². The molecule has 1 saturated heterocycles. The molecule has 0 spiro atoms. The summed E-state index contributed by atoms with van der Waals surface area (Å²) in [4.78, 5) is 14.5. The fourth-order valence-electron chi connectivity index (χ4n) is 3.27. The molecule has 0 bridgehead atoms. The lowest BCUT2D eigenvalue weighted by Gasteiger charge is -2.28. The van der Waals surface area contributed by atoms with Crippen molar-refractivity contribution in [2.75, 3.05) is 45.7 Å². The van der Waals surface area contributed by atoms with Crippen LogP contribution in [0.1, 0.15) is 32.6 Å². The minimum atomic E-state index is 0. The highest BCUT2D eigenvalue weighted by atomic mass is 35.5. The van der Waals surface area contributed by atoms with E-state index in [1.807, 2.05) is 24.3 Å². The van der Waals surface area contributed by atoms with Gasteiger partial charge in [0.25, 0.3) is 0 Å². The summed E-state index contributed by atoms with van der Waals surface area (Å²) in [6, 6.07) is 7.67. The SMILES string of the molecule is CC(CC(=O)Nc1cccc(OCCCN(C)C)c1)C1CCCNC1.Cl.Cl. The summed E-state index contributed by atoms with van der Waals surface area (Å²) in [5.74, 6) is 1.90. The molecule has 27 heavy (non-hydrogen) atoms. The Kier molecular flexibility index (Phi) is 13.5. The van der Waals surface area contributed by atoms with Gasteiger partial charge in [-0.2, -0.15) is 0 Å². The van der Waals surface area contributed by atoms with Gasteiger partial charge < -0.3 is 20.3 Å². The third-order valence-electron chi connectivity index (χ3n) is 4.78. The zero-order valence-corrected chi connectivity index (χ0v) is 18.3. The van der Waals surface area contributed by atoms with Crippen LogP contribution in [0.4, 0.5) is 5.69 Å².